The minimum Gasteiger partial charge on any atom is -0.497 e. The maximum Gasteiger partial charge on any atom is 0.307 e. The predicted octanol–water partition coefficient (Wildman–Crippen LogP) is 3.60. The van der Waals surface area contributed by atoms with E-state index >= 15 is 0 Å². The fraction of sp³-hybridized carbons (Fsp3) is 0.438. The second kappa shape index (κ2) is 5.08. The van der Waals surface area contributed by atoms with Crippen molar-refractivity contribution in [3.63, 3.8) is 0 Å². The van der Waals surface area contributed by atoms with E-state index in [1.165, 1.54) is 5.57 Å². The molecule has 0 amide bonds. The Labute approximate surface area is 113 Å². The van der Waals surface area contributed by atoms with Gasteiger partial charge in [0, 0.05) is 0 Å². The number of ether oxygens (including phenoxy) is 1. The zero-order valence-electron chi connectivity index (χ0n) is 11.6. The molecule has 102 valence electrons. The lowest BCUT2D eigenvalue weighted by atomic mass is 9.70. The third kappa shape index (κ3) is 2.80. The van der Waals surface area contributed by atoms with Gasteiger partial charge in [0.25, 0.3) is 0 Å². The number of benzene rings is 1. The third-order valence-electron chi connectivity index (χ3n) is 3.91. The summed E-state index contributed by atoms with van der Waals surface area (Å²) in [6.07, 6.45) is 3.62. The third-order valence-corrected chi connectivity index (χ3v) is 3.91. The molecule has 0 saturated heterocycles. The molecule has 3 heteroatoms. The summed E-state index contributed by atoms with van der Waals surface area (Å²) in [5.74, 6) is -0.160. The van der Waals surface area contributed by atoms with Crippen molar-refractivity contribution in [2.45, 2.75) is 26.7 Å². The Hall–Kier alpha value is -1.77. The summed E-state index contributed by atoms with van der Waals surface area (Å²) in [6.45, 7) is 3.99. The molecule has 1 N–H and O–H groups in total. The normalized spacial score (nSPS) is 21.6. The summed E-state index contributed by atoms with van der Waals surface area (Å²) >= 11 is 0. The van der Waals surface area contributed by atoms with Gasteiger partial charge in [0.15, 0.2) is 0 Å². The van der Waals surface area contributed by atoms with Crippen LogP contribution in [-0.4, -0.2) is 18.2 Å². The van der Waals surface area contributed by atoms with Crippen LogP contribution >= 0.6 is 0 Å². The molecule has 1 aliphatic rings. The molecular weight excluding hydrogens is 240 g/mol. The average Bonchev–Trinajstić information content (AvgIpc) is 2.37. The summed E-state index contributed by atoms with van der Waals surface area (Å²) in [7, 11) is 1.65. The molecule has 19 heavy (non-hydrogen) atoms. The van der Waals surface area contributed by atoms with Crippen molar-refractivity contribution >= 4 is 11.5 Å². The van der Waals surface area contributed by atoms with Crippen LogP contribution in [0.25, 0.3) is 5.57 Å². The van der Waals surface area contributed by atoms with Crippen LogP contribution < -0.4 is 4.74 Å². The standard InChI is InChI=1S/C16H20O3/c1-16(2)10-12(6-9-14(16)15(17)18)11-4-7-13(19-3)8-5-11/h4-5,7-8,10,14H,6,9H2,1-3H3,(H,17,18)/t14-/m0/s1. The first-order valence-corrected chi connectivity index (χ1v) is 6.53. The molecule has 0 aliphatic heterocycles. The Kier molecular flexibility index (Phi) is 3.65. The lowest BCUT2D eigenvalue weighted by molar-refractivity contribution is -0.145. The SMILES string of the molecule is COc1ccc(C2=CC(C)(C)[C@H](C(=O)O)CC2)cc1. The molecule has 1 atom stereocenters. The van der Waals surface area contributed by atoms with Crippen molar-refractivity contribution in [1.82, 2.24) is 0 Å². The first kappa shape index (κ1) is 13.7. The predicted molar refractivity (Wildman–Crippen MR) is 75.1 cm³/mol. The van der Waals surface area contributed by atoms with Crippen molar-refractivity contribution in [2.75, 3.05) is 7.11 Å². The van der Waals surface area contributed by atoms with Crippen LogP contribution in [0.2, 0.25) is 0 Å². The minimum atomic E-state index is -0.699. The van der Waals surface area contributed by atoms with Crippen molar-refractivity contribution < 1.29 is 14.6 Å². The molecule has 1 aromatic carbocycles. The highest BCUT2D eigenvalue weighted by Gasteiger charge is 2.36. The van der Waals surface area contributed by atoms with Crippen LogP contribution in [0.15, 0.2) is 30.3 Å². The van der Waals surface area contributed by atoms with Crippen LogP contribution in [0.1, 0.15) is 32.3 Å². The van der Waals surface area contributed by atoms with Crippen LogP contribution in [0, 0.1) is 11.3 Å². The highest BCUT2D eigenvalue weighted by Crippen LogP contribution is 2.42. The summed E-state index contributed by atoms with van der Waals surface area (Å²) in [5.41, 5.74) is 2.07. The van der Waals surface area contributed by atoms with E-state index in [9.17, 15) is 9.90 Å². The summed E-state index contributed by atoms with van der Waals surface area (Å²) < 4.78 is 5.15. The largest absolute Gasteiger partial charge is 0.497 e. The lowest BCUT2D eigenvalue weighted by Crippen LogP contribution is -2.32. The van der Waals surface area contributed by atoms with Crippen molar-refractivity contribution in [3.8, 4) is 5.75 Å². The van der Waals surface area contributed by atoms with Gasteiger partial charge in [-0.15, -0.1) is 0 Å². The molecular formula is C16H20O3. The Balaban J connectivity index is 2.28. The van der Waals surface area contributed by atoms with Gasteiger partial charge in [-0.05, 0) is 41.5 Å². The van der Waals surface area contributed by atoms with Crippen molar-refractivity contribution in [3.05, 3.63) is 35.9 Å². The van der Waals surface area contributed by atoms with E-state index in [0.717, 1.165) is 17.7 Å². The Morgan fingerprint density at radius 1 is 1.32 bits per heavy atom. The first-order chi connectivity index (χ1) is 8.94. The van der Waals surface area contributed by atoms with E-state index in [2.05, 4.69) is 6.08 Å². The summed E-state index contributed by atoms with van der Waals surface area (Å²) in [6, 6.07) is 7.93. The summed E-state index contributed by atoms with van der Waals surface area (Å²) in [5, 5.41) is 9.25. The Morgan fingerprint density at radius 2 is 1.95 bits per heavy atom. The van der Waals surface area contributed by atoms with Crippen LogP contribution in [0.5, 0.6) is 5.75 Å². The molecule has 0 bridgehead atoms. The molecule has 3 nitrogen and oxygen atoms in total. The van der Waals surface area contributed by atoms with Gasteiger partial charge in [-0.1, -0.05) is 32.1 Å². The highest BCUT2D eigenvalue weighted by atomic mass is 16.5. The Bertz CT molecular complexity index is 497. The van der Waals surface area contributed by atoms with E-state index in [4.69, 9.17) is 4.74 Å². The summed E-state index contributed by atoms with van der Waals surface area (Å²) in [4.78, 5) is 11.3. The Morgan fingerprint density at radius 3 is 2.42 bits per heavy atom. The number of aliphatic carboxylic acids is 1. The molecule has 0 saturated carbocycles. The molecule has 0 aromatic heterocycles. The van der Waals surface area contributed by atoms with Gasteiger partial charge in [0.1, 0.15) is 5.75 Å². The van der Waals surface area contributed by atoms with E-state index in [0.29, 0.717) is 6.42 Å². The maximum atomic E-state index is 11.3. The number of methoxy groups -OCH3 is 1. The maximum absolute atomic E-state index is 11.3. The molecule has 0 spiro atoms. The molecule has 0 heterocycles. The first-order valence-electron chi connectivity index (χ1n) is 6.53. The van der Waals surface area contributed by atoms with Crippen LogP contribution in [0.3, 0.4) is 0 Å². The molecule has 1 aliphatic carbocycles. The van der Waals surface area contributed by atoms with E-state index in [-0.39, 0.29) is 11.3 Å². The second-order valence-electron chi connectivity index (χ2n) is 5.65. The zero-order chi connectivity index (χ0) is 14.0. The van der Waals surface area contributed by atoms with Gasteiger partial charge >= 0.3 is 5.97 Å². The quantitative estimate of drug-likeness (QED) is 0.903. The van der Waals surface area contributed by atoms with Gasteiger partial charge in [-0.25, -0.2) is 0 Å². The highest BCUT2D eigenvalue weighted by molar-refractivity contribution is 5.75. The van der Waals surface area contributed by atoms with Gasteiger partial charge in [-0.2, -0.15) is 0 Å². The van der Waals surface area contributed by atoms with Gasteiger partial charge < -0.3 is 9.84 Å². The molecule has 1 aromatic rings. The number of hydrogen-bond donors (Lipinski definition) is 1. The molecule has 0 radical (unpaired) electrons. The number of carboxylic acids is 1. The second-order valence-corrected chi connectivity index (χ2v) is 5.65. The number of carbonyl (C=O) groups is 1. The van der Waals surface area contributed by atoms with Gasteiger partial charge in [0.2, 0.25) is 0 Å². The molecule has 0 fully saturated rings. The van der Waals surface area contributed by atoms with E-state index in [1.54, 1.807) is 7.11 Å². The van der Waals surface area contributed by atoms with E-state index in [1.807, 2.05) is 38.1 Å². The van der Waals surface area contributed by atoms with Crippen LogP contribution in [0.4, 0.5) is 0 Å². The van der Waals surface area contributed by atoms with Gasteiger partial charge in [-0.3, -0.25) is 4.79 Å². The number of carboxylic acid groups (broad SMARTS) is 1. The minimum absolute atomic E-state index is 0.297. The van der Waals surface area contributed by atoms with Crippen molar-refractivity contribution in [2.24, 2.45) is 11.3 Å². The monoisotopic (exact) mass is 260 g/mol. The average molecular weight is 260 g/mol. The number of allylic oxidation sites excluding steroid dienone is 2. The number of hydrogen-bond acceptors (Lipinski definition) is 2. The molecule has 2 rings (SSSR count). The smallest absolute Gasteiger partial charge is 0.307 e. The fourth-order valence-corrected chi connectivity index (χ4v) is 2.77. The van der Waals surface area contributed by atoms with Crippen molar-refractivity contribution in [1.29, 1.82) is 0 Å². The van der Waals surface area contributed by atoms with E-state index < -0.39 is 5.97 Å². The zero-order valence-corrected chi connectivity index (χ0v) is 11.6. The molecule has 0 unspecified atom stereocenters. The topological polar surface area (TPSA) is 46.5 Å². The van der Waals surface area contributed by atoms with Crippen LogP contribution in [-0.2, 0) is 4.79 Å². The fourth-order valence-electron chi connectivity index (χ4n) is 2.77. The lowest BCUT2D eigenvalue weighted by Gasteiger charge is -2.34. The van der Waals surface area contributed by atoms with Gasteiger partial charge in [0.05, 0.1) is 13.0 Å². The number of rotatable bonds is 3.